The molecule has 25 heteroatoms. The Morgan fingerprint density at radius 2 is 1.15 bits per heavy atom. The fourth-order valence-corrected chi connectivity index (χ4v) is 13.3. The number of aliphatic carboxylic acids is 1. The van der Waals surface area contributed by atoms with Gasteiger partial charge < -0.3 is 61.7 Å². The molecule has 1 unspecified atom stereocenters. The number of nitrogens with two attached hydrogens (primary N) is 1. The second-order valence-electron chi connectivity index (χ2n) is 27.4. The number of hydrogen-bond acceptors (Lipinski definition) is 17. The molecule has 556 valence electrons. The molecular formula is C78H100ClN7O16S. The van der Waals surface area contributed by atoms with E-state index >= 15 is 0 Å². The number of halogens is 1. The van der Waals surface area contributed by atoms with E-state index in [4.69, 9.17) is 36.7 Å². The summed E-state index contributed by atoms with van der Waals surface area (Å²) in [5.74, 6) is -11.6. The molecule has 23 nitrogen and oxygen atoms in total. The summed E-state index contributed by atoms with van der Waals surface area (Å²) < 4.78 is 17.7. The molecule has 0 bridgehead atoms. The lowest BCUT2D eigenvalue weighted by molar-refractivity contribution is -0.151. The first-order valence-electron chi connectivity index (χ1n) is 34.5. The van der Waals surface area contributed by atoms with Crippen molar-refractivity contribution in [2.24, 2.45) is 35.3 Å². The molecule has 0 saturated heterocycles. The monoisotopic (exact) mass is 1460 g/mol. The van der Waals surface area contributed by atoms with Gasteiger partial charge in [0.1, 0.15) is 25.0 Å². The molecule has 0 saturated carbocycles. The number of carbonyl (C=O) groups is 12. The maximum atomic E-state index is 14.2. The number of alkyl carbamates (subject to hydrolysis) is 1. The van der Waals surface area contributed by atoms with Crippen LogP contribution in [-0.4, -0.2) is 143 Å². The summed E-state index contributed by atoms with van der Waals surface area (Å²) in [6.45, 7) is 20.4. The van der Waals surface area contributed by atoms with E-state index in [-0.39, 0.29) is 62.3 Å². The predicted octanol–water partition coefficient (Wildman–Crippen LogP) is 9.47. The highest BCUT2D eigenvalue weighted by Crippen LogP contribution is 2.45. The first-order valence-corrected chi connectivity index (χ1v) is 36.0. The molecule has 0 aliphatic heterocycles. The number of carboxylic acid groups (broad SMARTS) is 1. The largest absolute Gasteiger partial charge is 0.480 e. The molecule has 0 heterocycles. The molecule has 0 spiro atoms. The molecule has 5 aromatic rings. The maximum absolute atomic E-state index is 14.2. The Kier molecular flexibility index (Phi) is 32.9. The van der Waals surface area contributed by atoms with Crippen molar-refractivity contribution in [2.45, 2.75) is 170 Å². The molecule has 6 rings (SSSR count). The van der Waals surface area contributed by atoms with Crippen molar-refractivity contribution in [2.75, 3.05) is 31.3 Å². The molecule has 6 amide bonds. The normalized spacial score (nSPS) is 14.7. The lowest BCUT2D eigenvalue weighted by atomic mass is 9.79. The zero-order chi connectivity index (χ0) is 76.5. The summed E-state index contributed by atoms with van der Waals surface area (Å²) in [6, 6.07) is 35.8. The summed E-state index contributed by atoms with van der Waals surface area (Å²) >= 11 is 7.69. The van der Waals surface area contributed by atoms with E-state index in [2.05, 4.69) is 31.9 Å². The number of amides is 6. The zero-order valence-corrected chi connectivity index (χ0v) is 62.6. The maximum Gasteiger partial charge on any atom is 0.407 e. The summed E-state index contributed by atoms with van der Waals surface area (Å²) in [6.07, 6.45) is -3.21. The molecule has 1 aliphatic rings. The number of nitrogens with one attached hydrogen (secondary N) is 6. The summed E-state index contributed by atoms with van der Waals surface area (Å²) in [5, 5.41) is 25.3. The Hall–Kier alpha value is -9.10. The van der Waals surface area contributed by atoms with Gasteiger partial charge in [-0.2, -0.15) is 0 Å². The van der Waals surface area contributed by atoms with Crippen molar-refractivity contribution in [3.05, 3.63) is 166 Å². The van der Waals surface area contributed by atoms with Crippen LogP contribution in [0, 0.1) is 36.5 Å². The fraction of sp³-hybridized carbons (Fsp3) is 0.462. The van der Waals surface area contributed by atoms with Crippen LogP contribution in [0.3, 0.4) is 0 Å². The number of fused-ring (bicyclic) bond motifs is 3. The standard InChI is InChI=1S/C56H80N6O14S.C22H20ClNO2/c1-13-43(45(65)25-41(34(8)76-56(10,11)12)53(72)57-26-48(68)69)59-51(70)32(6)22-46(66)49(30(2)3)61-52(71)36(23-33(7)63)24-47(67)50(31(4)5)62-54(73)44(28-77-29-58-35(9)64)60-55(74)75-27-42-39-20-16-14-18-37(39)38-19-15-17-21-40(38)42;1-16-11-13-18(14-12-16)22(26-21(25)15-24,17-7-3-2-4-8-17)19-9-5-6-10-20(19)23/h14-21,30-32,34,36,41-44,49-50H,13,22-29H2,1-12H3,(H,57,72)(H,58,64)(H,59,70)(H,60,74)(H,61,71)(H,62,73)(H,68,69);2-14H,15,24H2,1H3/t32-,34-,36-,41+,43+,44+,49+,50+;/m1./s1. The minimum atomic E-state index is -1.28. The molecule has 0 radical (unpaired) electrons. The van der Waals surface area contributed by atoms with Crippen LogP contribution in [0.1, 0.15) is 154 Å². The van der Waals surface area contributed by atoms with Crippen molar-refractivity contribution in [3.8, 4) is 11.1 Å². The van der Waals surface area contributed by atoms with E-state index in [0.29, 0.717) is 10.6 Å². The van der Waals surface area contributed by atoms with Gasteiger partial charge in [-0.05, 0) is 88.1 Å². The molecule has 103 heavy (non-hydrogen) atoms. The van der Waals surface area contributed by atoms with Gasteiger partial charge in [0.2, 0.25) is 29.5 Å². The van der Waals surface area contributed by atoms with Gasteiger partial charge in [-0.15, -0.1) is 11.8 Å². The number of thioether (sulfide) groups is 1. The van der Waals surface area contributed by atoms with Gasteiger partial charge >= 0.3 is 18.0 Å². The van der Waals surface area contributed by atoms with Crippen LogP contribution in [-0.2, 0) is 72.6 Å². The molecule has 1 aliphatic carbocycles. The smallest absolute Gasteiger partial charge is 0.407 e. The Labute approximate surface area is 612 Å². The molecule has 9 N–H and O–H groups in total. The number of carboxylic acids is 1. The Morgan fingerprint density at radius 3 is 1.68 bits per heavy atom. The van der Waals surface area contributed by atoms with Crippen molar-refractivity contribution < 1.29 is 76.9 Å². The molecule has 5 aromatic carbocycles. The van der Waals surface area contributed by atoms with Crippen molar-refractivity contribution >= 4 is 94.1 Å². The van der Waals surface area contributed by atoms with E-state index < -0.39 is 149 Å². The van der Waals surface area contributed by atoms with Gasteiger partial charge in [0.25, 0.3) is 0 Å². The molecular weight excluding hydrogens is 1360 g/mol. The average Bonchev–Trinajstić information content (AvgIpc) is 1.04. The third-order valence-electron chi connectivity index (χ3n) is 17.3. The van der Waals surface area contributed by atoms with Crippen molar-refractivity contribution in [3.63, 3.8) is 0 Å². The molecule has 0 aromatic heterocycles. The molecule has 0 fully saturated rings. The number of carbonyl (C=O) groups excluding carboxylic acids is 11. The van der Waals surface area contributed by atoms with Gasteiger partial charge in [-0.25, -0.2) is 4.79 Å². The quantitative estimate of drug-likeness (QED) is 0.00794. The summed E-state index contributed by atoms with van der Waals surface area (Å²) in [7, 11) is 0. The van der Waals surface area contributed by atoms with Gasteiger partial charge in [0.05, 0.1) is 54.1 Å². The van der Waals surface area contributed by atoms with Gasteiger partial charge in [-0.3, -0.25) is 47.9 Å². The highest BCUT2D eigenvalue weighted by atomic mass is 35.5. The Balaban J connectivity index is 0.000000607. The number of benzene rings is 5. The number of ketones is 4. The highest BCUT2D eigenvalue weighted by Gasteiger charge is 2.43. The average molecular weight is 1460 g/mol. The van der Waals surface area contributed by atoms with Crippen LogP contribution in [0.4, 0.5) is 4.79 Å². The first kappa shape index (κ1) is 84.6. The third kappa shape index (κ3) is 25.1. The van der Waals surface area contributed by atoms with Crippen LogP contribution in [0.15, 0.2) is 127 Å². The van der Waals surface area contributed by atoms with Gasteiger partial charge in [0.15, 0.2) is 23.0 Å². The zero-order valence-electron chi connectivity index (χ0n) is 61.0. The lowest BCUT2D eigenvalue weighted by Crippen LogP contribution is -2.55. The SMILES string of the molecule is CC[C@H](NC(=O)[C@H](C)CC(=O)[C@@H](NC(=O)[C@H](CC(C)=O)CC(=O)[C@@H](NC(=O)[C@H](CSCNC(C)=O)NC(=O)OCC1c2ccccc2-c2ccccc21)C(C)C)C(C)C)C(=O)C[C@H](C(=O)NCC(=O)O)[C@@H](C)OC(C)(C)C.Cc1ccc(C(OC(=O)CN)(c2ccccc2)c2ccccc2Cl)cc1. The number of hydrogen-bond donors (Lipinski definition) is 8. The molecule has 9 atom stereocenters. The first-order chi connectivity index (χ1) is 48.6. The van der Waals surface area contributed by atoms with E-state index in [1.807, 2.05) is 128 Å². The lowest BCUT2D eigenvalue weighted by Gasteiger charge is -2.35. The number of aryl methyl sites for hydroxylation is 1. The van der Waals surface area contributed by atoms with E-state index in [1.165, 1.54) is 20.8 Å². The van der Waals surface area contributed by atoms with E-state index in [1.54, 1.807) is 68.4 Å². The highest BCUT2D eigenvalue weighted by molar-refractivity contribution is 7.99. The Bertz CT molecular complexity index is 3740. The number of esters is 1. The topological polar surface area (TPSA) is 351 Å². The van der Waals surface area contributed by atoms with Crippen LogP contribution < -0.4 is 37.6 Å². The van der Waals surface area contributed by atoms with Crippen LogP contribution in [0.2, 0.25) is 5.02 Å². The summed E-state index contributed by atoms with van der Waals surface area (Å²) in [4.78, 5) is 158. The van der Waals surface area contributed by atoms with Crippen molar-refractivity contribution in [1.82, 2.24) is 31.9 Å². The number of ether oxygens (including phenoxy) is 3. The van der Waals surface area contributed by atoms with Gasteiger partial charge in [0, 0.05) is 71.9 Å². The minimum Gasteiger partial charge on any atom is -0.480 e. The predicted molar refractivity (Wildman–Crippen MR) is 394 cm³/mol. The van der Waals surface area contributed by atoms with Gasteiger partial charge in [-0.1, -0.05) is 180 Å². The van der Waals surface area contributed by atoms with E-state index in [9.17, 15) is 57.5 Å². The third-order valence-corrected chi connectivity index (χ3v) is 18.6. The fourth-order valence-electron chi connectivity index (χ4n) is 12.1. The number of rotatable bonds is 37. The van der Waals surface area contributed by atoms with Crippen LogP contribution in [0.25, 0.3) is 11.1 Å². The number of Topliss-reactive ketones (excluding diaryl/α,β-unsaturated/α-hetero) is 4. The van der Waals surface area contributed by atoms with Crippen LogP contribution >= 0.6 is 23.4 Å². The van der Waals surface area contributed by atoms with Crippen LogP contribution in [0.5, 0.6) is 0 Å². The van der Waals surface area contributed by atoms with Crippen molar-refractivity contribution in [1.29, 1.82) is 0 Å². The second kappa shape index (κ2) is 40.1. The Morgan fingerprint density at radius 1 is 0.602 bits per heavy atom. The minimum absolute atomic E-state index is 0.0296. The summed E-state index contributed by atoms with van der Waals surface area (Å²) in [5.41, 5.74) is 11.1. The second-order valence-corrected chi connectivity index (χ2v) is 28.9. The van der Waals surface area contributed by atoms with E-state index in [0.717, 1.165) is 50.7 Å².